The van der Waals surface area contributed by atoms with Crippen LogP contribution in [0.4, 0.5) is 0 Å². The fourth-order valence-electron chi connectivity index (χ4n) is 1.06. The predicted molar refractivity (Wildman–Crippen MR) is 46.9 cm³/mol. The van der Waals surface area contributed by atoms with Crippen LogP contribution in [0.3, 0.4) is 0 Å². The Hall–Kier alpha value is -0.980. The van der Waals surface area contributed by atoms with E-state index in [1.807, 2.05) is 32.9 Å². The van der Waals surface area contributed by atoms with E-state index < -0.39 is 0 Å². The lowest BCUT2D eigenvalue weighted by atomic mass is 10.0. The molecule has 0 heterocycles. The summed E-state index contributed by atoms with van der Waals surface area (Å²) < 4.78 is 7.53. The molecular formula is C10H14O. The lowest BCUT2D eigenvalue weighted by Crippen LogP contribution is -1.87. The molecule has 0 aromatic heterocycles. The zero-order valence-corrected chi connectivity index (χ0v) is 7.18. The molecule has 0 saturated carbocycles. The van der Waals surface area contributed by atoms with Crippen molar-refractivity contribution in [2.75, 3.05) is 0 Å². The van der Waals surface area contributed by atoms with E-state index >= 15 is 0 Å². The summed E-state index contributed by atoms with van der Waals surface area (Å²) in [6.07, 6.45) is 0. The highest BCUT2D eigenvalue weighted by atomic mass is 16.3. The maximum Gasteiger partial charge on any atom is 0.119 e. The van der Waals surface area contributed by atoms with Gasteiger partial charge >= 0.3 is 0 Å². The molecule has 1 N–H and O–H groups in total. The number of hydrogen-bond acceptors (Lipinski definition) is 1. The van der Waals surface area contributed by atoms with Crippen molar-refractivity contribution < 1.29 is 6.48 Å². The molecule has 0 saturated heterocycles. The van der Waals surface area contributed by atoms with Crippen LogP contribution in [0, 0.1) is 6.92 Å². The van der Waals surface area contributed by atoms with Gasteiger partial charge in [0.25, 0.3) is 0 Å². The van der Waals surface area contributed by atoms with E-state index in [0.29, 0.717) is 0 Å². The summed E-state index contributed by atoms with van der Waals surface area (Å²) in [7, 11) is 0. The number of phenolic OH excluding ortho intramolecular Hbond substituents is 1. The van der Waals surface area contributed by atoms with Crippen molar-refractivity contribution in [3.63, 3.8) is 0 Å². The average Bonchev–Trinajstić information content (AvgIpc) is 2.00. The highest BCUT2D eigenvalue weighted by Gasteiger charge is 2.03. The van der Waals surface area contributed by atoms with Crippen LogP contribution in [0.5, 0.6) is 5.75 Å². The molecule has 1 aromatic rings. The monoisotopic (exact) mass is 151 g/mol. The van der Waals surface area contributed by atoms with Gasteiger partial charge in [0.05, 0.1) is 1.37 Å². The number of phenols is 1. The predicted octanol–water partition coefficient (Wildman–Crippen LogP) is 2.82. The lowest BCUT2D eigenvalue weighted by Gasteiger charge is -2.07. The van der Waals surface area contributed by atoms with Crippen molar-refractivity contribution in [1.82, 2.24) is 0 Å². The van der Waals surface area contributed by atoms with E-state index in [1.54, 1.807) is 0 Å². The molecule has 1 nitrogen and oxygen atoms in total. The number of rotatable bonds is 1. The molecule has 1 heteroatoms. The van der Waals surface area contributed by atoms with Crippen LogP contribution in [0.2, 0.25) is 0 Å². The highest BCUT2D eigenvalue weighted by molar-refractivity contribution is 5.37. The number of aryl methyl sites for hydroxylation is 1. The first-order chi connectivity index (χ1) is 5.54. The van der Waals surface area contributed by atoms with Gasteiger partial charge in [-0.3, -0.25) is 0 Å². The molecule has 0 amide bonds. The summed E-state index contributed by atoms with van der Waals surface area (Å²) in [5, 5.41) is 9.56. The van der Waals surface area contributed by atoms with Crippen LogP contribution in [0.25, 0.3) is 0 Å². The van der Waals surface area contributed by atoms with Gasteiger partial charge in [0.1, 0.15) is 5.75 Å². The summed E-state index contributed by atoms with van der Waals surface area (Å²) in [5.74, 6) is 0.403. The van der Waals surface area contributed by atoms with Crippen LogP contribution in [0.1, 0.15) is 32.3 Å². The molecule has 0 aliphatic carbocycles. The van der Waals surface area contributed by atoms with E-state index in [1.165, 1.54) is 0 Å². The molecule has 0 aliphatic rings. The number of hydrogen-bond donors (Lipinski definition) is 1. The van der Waals surface area contributed by atoms with Gasteiger partial charge in [-0.25, -0.2) is 0 Å². The summed E-state index contributed by atoms with van der Waals surface area (Å²) in [6, 6.07) is 4.01. The Morgan fingerprint density at radius 2 is 2.09 bits per heavy atom. The van der Waals surface area contributed by atoms with E-state index in [0.717, 1.165) is 11.1 Å². The zero-order chi connectivity index (χ0) is 9.30. The van der Waals surface area contributed by atoms with Gasteiger partial charge in [-0.1, -0.05) is 26.0 Å². The third kappa shape index (κ3) is 1.73. The van der Waals surface area contributed by atoms with Crippen molar-refractivity contribution in [2.45, 2.75) is 26.7 Å². The molecule has 0 unspecified atom stereocenters. The van der Waals surface area contributed by atoms with Crippen LogP contribution in [-0.2, 0) is 0 Å². The molecule has 1 rings (SSSR count). The third-order valence-corrected chi connectivity index (χ3v) is 1.72. The summed E-state index contributed by atoms with van der Waals surface area (Å²) in [6.45, 7) is 5.83. The Morgan fingerprint density at radius 3 is 2.64 bits per heavy atom. The fraction of sp³-hybridized carbons (Fsp3) is 0.400. The Balaban J connectivity index is 3.27. The zero-order valence-electron chi connectivity index (χ0n) is 8.18. The molecule has 11 heavy (non-hydrogen) atoms. The van der Waals surface area contributed by atoms with Gasteiger partial charge in [-0.15, -0.1) is 0 Å². The molecule has 60 valence electrons. The standard InChI is InChI=1S/C10H14O/c1-7(2)9-5-4-8(3)6-10(9)11/h4-7,11H,1-3H3/i6D. The second kappa shape index (κ2) is 2.95. The van der Waals surface area contributed by atoms with Crippen molar-refractivity contribution in [2.24, 2.45) is 0 Å². The molecule has 0 fully saturated rings. The van der Waals surface area contributed by atoms with E-state index in [2.05, 4.69) is 0 Å². The van der Waals surface area contributed by atoms with Crippen LogP contribution < -0.4 is 0 Å². The number of aromatic hydroxyl groups is 1. The van der Waals surface area contributed by atoms with Crippen LogP contribution in [-0.4, -0.2) is 5.11 Å². The second-order valence-corrected chi connectivity index (χ2v) is 3.10. The van der Waals surface area contributed by atoms with Crippen molar-refractivity contribution in [3.05, 3.63) is 29.3 Å². The van der Waals surface area contributed by atoms with E-state index in [9.17, 15) is 5.11 Å². The van der Waals surface area contributed by atoms with Crippen LogP contribution >= 0.6 is 0 Å². The molecule has 0 aliphatic heterocycles. The topological polar surface area (TPSA) is 20.2 Å². The number of benzene rings is 1. The van der Waals surface area contributed by atoms with Gasteiger partial charge in [0, 0.05) is 0 Å². The van der Waals surface area contributed by atoms with Gasteiger partial charge in [0.15, 0.2) is 0 Å². The first kappa shape index (κ1) is 6.71. The largest absolute Gasteiger partial charge is 0.508 e. The summed E-state index contributed by atoms with van der Waals surface area (Å²) >= 11 is 0. The SMILES string of the molecule is [2H]c1c(C)ccc(C(C)C)c1O. The first-order valence-corrected chi connectivity index (χ1v) is 3.83. The van der Waals surface area contributed by atoms with Gasteiger partial charge in [0.2, 0.25) is 0 Å². The average molecular weight is 151 g/mol. The fourth-order valence-corrected chi connectivity index (χ4v) is 1.06. The third-order valence-electron chi connectivity index (χ3n) is 1.72. The molecule has 0 spiro atoms. The molecule has 0 radical (unpaired) electrons. The van der Waals surface area contributed by atoms with Crippen LogP contribution in [0.15, 0.2) is 18.2 Å². The van der Waals surface area contributed by atoms with E-state index in [4.69, 9.17) is 1.37 Å². The first-order valence-electron chi connectivity index (χ1n) is 4.33. The molecular weight excluding hydrogens is 136 g/mol. The molecule has 1 aromatic carbocycles. The Kier molecular flexibility index (Phi) is 1.80. The van der Waals surface area contributed by atoms with Gasteiger partial charge in [-0.2, -0.15) is 0 Å². The Morgan fingerprint density at radius 1 is 1.45 bits per heavy atom. The second-order valence-electron chi connectivity index (χ2n) is 3.10. The molecule has 0 bridgehead atoms. The maximum absolute atomic E-state index is 9.56. The minimum Gasteiger partial charge on any atom is -0.508 e. The summed E-state index contributed by atoms with van der Waals surface area (Å²) in [4.78, 5) is 0. The van der Waals surface area contributed by atoms with Crippen molar-refractivity contribution in [1.29, 1.82) is 0 Å². The van der Waals surface area contributed by atoms with Crippen molar-refractivity contribution in [3.8, 4) is 5.75 Å². The highest BCUT2D eigenvalue weighted by Crippen LogP contribution is 2.25. The Labute approximate surface area is 69.1 Å². The lowest BCUT2D eigenvalue weighted by molar-refractivity contribution is 0.464. The molecule has 0 atom stereocenters. The quantitative estimate of drug-likeness (QED) is 0.654. The minimum absolute atomic E-state index is 0.130. The van der Waals surface area contributed by atoms with Gasteiger partial charge in [-0.05, 0) is 30.0 Å². The Bertz CT molecular complexity index is 292. The summed E-state index contributed by atoms with van der Waals surface area (Å²) in [5.41, 5.74) is 1.67. The smallest absolute Gasteiger partial charge is 0.119 e. The minimum atomic E-state index is 0.130. The maximum atomic E-state index is 9.56. The van der Waals surface area contributed by atoms with Gasteiger partial charge < -0.3 is 5.11 Å². The van der Waals surface area contributed by atoms with Crippen molar-refractivity contribution >= 4 is 0 Å². The normalized spacial score (nSPS) is 11.8. The van der Waals surface area contributed by atoms with E-state index in [-0.39, 0.29) is 17.7 Å².